The molecule has 1 aromatic carbocycles. The number of benzene rings is 1. The van der Waals surface area contributed by atoms with E-state index < -0.39 is 16.9 Å². The van der Waals surface area contributed by atoms with Gasteiger partial charge in [-0.3, -0.25) is 13.8 Å². The summed E-state index contributed by atoms with van der Waals surface area (Å²) in [7, 11) is -0.840. The molecular formula is C20H29N3O4S. The lowest BCUT2D eigenvalue weighted by Gasteiger charge is -2.35. The summed E-state index contributed by atoms with van der Waals surface area (Å²) in [6.07, 6.45) is 3.21. The molecule has 1 N–H and O–H groups in total. The van der Waals surface area contributed by atoms with Gasteiger partial charge in [-0.05, 0) is 38.1 Å². The summed E-state index contributed by atoms with van der Waals surface area (Å²) in [5, 5.41) is 14.8. The van der Waals surface area contributed by atoms with Gasteiger partial charge in [-0.15, -0.1) is 0 Å². The number of hydrogen-bond donors (Lipinski definition) is 1. The van der Waals surface area contributed by atoms with Crippen molar-refractivity contribution in [1.29, 1.82) is 0 Å². The molecule has 3 rings (SSSR count). The monoisotopic (exact) mass is 407 g/mol. The molecule has 0 bridgehead atoms. The van der Waals surface area contributed by atoms with Crippen molar-refractivity contribution < 1.29 is 18.8 Å². The number of aliphatic hydroxyl groups excluding tert-OH is 1. The maximum Gasteiger partial charge on any atom is 0.119 e. The zero-order chi connectivity index (χ0) is 19.9. The lowest BCUT2D eigenvalue weighted by Crippen LogP contribution is -2.45. The molecule has 0 saturated carbocycles. The van der Waals surface area contributed by atoms with Crippen molar-refractivity contribution in [2.24, 2.45) is 0 Å². The number of ether oxygens (including phenoxy) is 2. The molecule has 1 aliphatic heterocycles. The summed E-state index contributed by atoms with van der Waals surface area (Å²) in [6.45, 7) is 6.76. The van der Waals surface area contributed by atoms with E-state index in [-0.39, 0.29) is 12.6 Å². The van der Waals surface area contributed by atoms with Gasteiger partial charge in [-0.1, -0.05) is 0 Å². The number of nitrogens with zero attached hydrogens (tertiary/aromatic N) is 3. The maximum atomic E-state index is 12.1. The Balaban J connectivity index is 1.56. The number of hydrogen-bond acceptors (Lipinski definition) is 6. The average molecular weight is 408 g/mol. The van der Waals surface area contributed by atoms with E-state index in [4.69, 9.17) is 9.47 Å². The summed E-state index contributed by atoms with van der Waals surface area (Å²) >= 11 is 0. The van der Waals surface area contributed by atoms with Gasteiger partial charge >= 0.3 is 0 Å². The van der Waals surface area contributed by atoms with Gasteiger partial charge in [-0.25, -0.2) is 0 Å². The summed E-state index contributed by atoms with van der Waals surface area (Å²) in [5.74, 6) is 2.70. The Hall–Kier alpha value is -1.90. The van der Waals surface area contributed by atoms with Gasteiger partial charge in [0.05, 0.1) is 12.8 Å². The second-order valence-corrected chi connectivity index (χ2v) is 8.44. The summed E-state index contributed by atoms with van der Waals surface area (Å²) in [5.41, 5.74) is 1.05. The van der Waals surface area contributed by atoms with Crippen molar-refractivity contribution >= 4 is 10.8 Å². The molecule has 2 heterocycles. The van der Waals surface area contributed by atoms with Crippen LogP contribution in [0.3, 0.4) is 0 Å². The van der Waals surface area contributed by atoms with Crippen LogP contribution in [0, 0.1) is 0 Å². The van der Waals surface area contributed by atoms with Crippen LogP contribution in [0.5, 0.6) is 11.5 Å². The quantitative estimate of drug-likeness (QED) is 0.684. The highest BCUT2D eigenvalue weighted by Gasteiger charge is 2.30. The van der Waals surface area contributed by atoms with E-state index >= 15 is 0 Å². The predicted molar refractivity (Wildman–Crippen MR) is 109 cm³/mol. The van der Waals surface area contributed by atoms with Gasteiger partial charge in [0.25, 0.3) is 0 Å². The molecule has 2 aromatic rings. The molecule has 7 nitrogen and oxygen atoms in total. The zero-order valence-electron chi connectivity index (χ0n) is 16.5. The highest BCUT2D eigenvalue weighted by molar-refractivity contribution is 7.85. The smallest absolute Gasteiger partial charge is 0.119 e. The standard InChI is InChI=1S/C20H29N3O4S/c1-3-23-12-16(11-21-23)20-15-28(25)10-9-22(20)13-17(24)14-27-19-7-5-18(6-8-19)26-4-2/h5-8,11-12,17,20,24H,3-4,9-10,13-15H2,1-2H3/t17-,20+,28+/m1/s1. The van der Waals surface area contributed by atoms with Crippen molar-refractivity contribution in [2.45, 2.75) is 32.5 Å². The molecule has 3 atom stereocenters. The van der Waals surface area contributed by atoms with Crippen LogP contribution >= 0.6 is 0 Å². The average Bonchev–Trinajstić information content (AvgIpc) is 3.18. The minimum absolute atomic E-state index is 0.00927. The summed E-state index contributed by atoms with van der Waals surface area (Å²) < 4.78 is 25.1. The molecule has 154 valence electrons. The van der Waals surface area contributed by atoms with Gasteiger partial charge in [0.2, 0.25) is 0 Å². The van der Waals surface area contributed by atoms with E-state index in [1.807, 2.05) is 55.2 Å². The van der Waals surface area contributed by atoms with Crippen LogP contribution in [0.4, 0.5) is 0 Å². The van der Waals surface area contributed by atoms with E-state index in [9.17, 15) is 9.32 Å². The van der Waals surface area contributed by atoms with Crippen LogP contribution in [0.1, 0.15) is 25.5 Å². The van der Waals surface area contributed by atoms with E-state index in [1.165, 1.54) is 0 Å². The molecule has 1 fully saturated rings. The van der Waals surface area contributed by atoms with E-state index in [0.717, 1.165) is 17.9 Å². The van der Waals surface area contributed by atoms with Crippen LogP contribution in [0.25, 0.3) is 0 Å². The molecule has 1 aromatic heterocycles. The molecule has 28 heavy (non-hydrogen) atoms. The van der Waals surface area contributed by atoms with Gasteiger partial charge in [0.15, 0.2) is 0 Å². The predicted octanol–water partition coefficient (Wildman–Crippen LogP) is 1.85. The molecule has 1 saturated heterocycles. The minimum Gasteiger partial charge on any atom is -0.494 e. The highest BCUT2D eigenvalue weighted by Crippen LogP contribution is 2.25. The Labute approximate surface area is 168 Å². The molecule has 0 radical (unpaired) electrons. The first-order valence-corrected chi connectivity index (χ1v) is 11.2. The first-order valence-electron chi connectivity index (χ1n) is 9.74. The van der Waals surface area contributed by atoms with Crippen LogP contribution in [-0.2, 0) is 17.3 Å². The third kappa shape index (κ3) is 5.56. The fraction of sp³-hybridized carbons (Fsp3) is 0.550. The number of aryl methyl sites for hydroxylation is 1. The minimum atomic E-state index is -0.840. The van der Waals surface area contributed by atoms with E-state index in [1.54, 1.807) is 0 Å². The molecular weight excluding hydrogens is 378 g/mol. The van der Waals surface area contributed by atoms with Crippen molar-refractivity contribution in [2.75, 3.05) is 37.8 Å². The molecule has 0 spiro atoms. The lowest BCUT2D eigenvalue weighted by atomic mass is 10.1. The Morgan fingerprint density at radius 1 is 1.25 bits per heavy atom. The number of β-amino-alcohol motifs (C(OH)–C–C–N with tert-alkyl or cyclic N) is 1. The fourth-order valence-electron chi connectivity index (χ4n) is 3.30. The Kier molecular flexibility index (Phi) is 7.47. The van der Waals surface area contributed by atoms with Crippen molar-refractivity contribution in [3.63, 3.8) is 0 Å². The lowest BCUT2D eigenvalue weighted by molar-refractivity contribution is 0.0562. The Bertz CT molecular complexity index is 765. The molecule has 1 aliphatic rings. The second kappa shape index (κ2) is 10.0. The van der Waals surface area contributed by atoms with Crippen molar-refractivity contribution in [1.82, 2.24) is 14.7 Å². The highest BCUT2D eigenvalue weighted by atomic mass is 32.2. The summed E-state index contributed by atoms with van der Waals surface area (Å²) in [6, 6.07) is 7.39. The molecule has 0 unspecified atom stereocenters. The van der Waals surface area contributed by atoms with Crippen LogP contribution in [-0.4, -0.2) is 67.9 Å². The summed E-state index contributed by atoms with van der Waals surface area (Å²) in [4.78, 5) is 2.19. The third-order valence-electron chi connectivity index (χ3n) is 4.78. The number of aromatic nitrogens is 2. The van der Waals surface area contributed by atoms with Gasteiger partial charge < -0.3 is 14.6 Å². The van der Waals surface area contributed by atoms with Crippen LogP contribution in [0.2, 0.25) is 0 Å². The SMILES string of the molecule is CCOc1ccc(OC[C@H](O)CN2CC[S@](=O)C[C@H]2c2cnn(CC)c2)cc1. The van der Waals surface area contributed by atoms with Crippen molar-refractivity contribution in [3.8, 4) is 11.5 Å². The number of aliphatic hydroxyl groups is 1. The maximum absolute atomic E-state index is 12.1. The largest absolute Gasteiger partial charge is 0.494 e. The van der Waals surface area contributed by atoms with E-state index in [0.29, 0.717) is 37.0 Å². The molecule has 0 aliphatic carbocycles. The molecule has 8 heteroatoms. The molecule has 0 amide bonds. The fourth-order valence-corrected chi connectivity index (χ4v) is 4.66. The normalized spacial score (nSPS) is 21.4. The second-order valence-electron chi connectivity index (χ2n) is 6.82. The first kappa shape index (κ1) is 20.8. The van der Waals surface area contributed by atoms with Crippen LogP contribution in [0.15, 0.2) is 36.7 Å². The Morgan fingerprint density at radius 2 is 1.96 bits per heavy atom. The topological polar surface area (TPSA) is 76.8 Å². The van der Waals surface area contributed by atoms with Crippen LogP contribution < -0.4 is 9.47 Å². The van der Waals surface area contributed by atoms with Gasteiger partial charge in [-0.2, -0.15) is 5.10 Å². The third-order valence-corrected chi connectivity index (χ3v) is 6.10. The number of rotatable bonds is 9. The van der Waals surface area contributed by atoms with Crippen molar-refractivity contribution in [3.05, 3.63) is 42.2 Å². The van der Waals surface area contributed by atoms with E-state index in [2.05, 4.69) is 10.00 Å². The zero-order valence-corrected chi connectivity index (χ0v) is 17.3. The Morgan fingerprint density at radius 3 is 2.61 bits per heavy atom. The van der Waals surface area contributed by atoms with Gasteiger partial charge in [0, 0.05) is 59.7 Å². The van der Waals surface area contributed by atoms with Gasteiger partial charge in [0.1, 0.15) is 24.2 Å². The first-order chi connectivity index (χ1) is 13.6.